The van der Waals surface area contributed by atoms with Crippen LogP contribution in [0.2, 0.25) is 0 Å². The number of carbonyl (C=O) groups is 1. The van der Waals surface area contributed by atoms with Crippen LogP contribution in [0.3, 0.4) is 0 Å². The smallest absolute Gasteiger partial charge is 0.226 e. The number of nitrogens with two attached hydrogens (primary N) is 1. The Hall–Kier alpha value is -0.570. The van der Waals surface area contributed by atoms with Crippen LogP contribution in [-0.2, 0) is 9.53 Å². The highest BCUT2D eigenvalue weighted by atomic mass is 16.5. The van der Waals surface area contributed by atoms with Crippen molar-refractivity contribution in [2.45, 2.75) is 6.42 Å². The minimum absolute atomic E-state index is 0.176. The summed E-state index contributed by atoms with van der Waals surface area (Å²) in [5.74, 6) is 0.278. The summed E-state index contributed by atoms with van der Waals surface area (Å²) < 4.78 is 5.07. The SMILES string of the molecule is NC(=O)[C@]12COCC1C2. The van der Waals surface area contributed by atoms with Gasteiger partial charge in [0.1, 0.15) is 0 Å². The first kappa shape index (κ1) is 5.23. The molecule has 2 rings (SSSR count). The molecule has 9 heavy (non-hydrogen) atoms. The minimum Gasteiger partial charge on any atom is -0.380 e. The molecule has 50 valence electrons. The molecule has 0 aromatic heterocycles. The number of rotatable bonds is 1. The molecule has 1 unspecified atom stereocenters. The zero-order chi connectivity index (χ0) is 6.48. The Morgan fingerprint density at radius 1 is 1.78 bits per heavy atom. The molecule has 2 fully saturated rings. The topological polar surface area (TPSA) is 52.3 Å². The molecule has 3 nitrogen and oxygen atoms in total. The number of fused-ring (bicyclic) bond motifs is 1. The molecular formula is C6H9NO2. The van der Waals surface area contributed by atoms with Gasteiger partial charge in [0.05, 0.1) is 18.6 Å². The lowest BCUT2D eigenvalue weighted by atomic mass is 10.1. The van der Waals surface area contributed by atoms with Crippen LogP contribution >= 0.6 is 0 Å². The summed E-state index contributed by atoms with van der Waals surface area (Å²) in [6.07, 6.45) is 0.961. The minimum atomic E-state index is -0.222. The molecule has 3 heteroatoms. The second kappa shape index (κ2) is 1.29. The highest BCUT2D eigenvalue weighted by Crippen LogP contribution is 2.56. The van der Waals surface area contributed by atoms with Crippen molar-refractivity contribution in [3.8, 4) is 0 Å². The second-order valence-corrected chi connectivity index (χ2v) is 2.94. The van der Waals surface area contributed by atoms with Gasteiger partial charge in [-0.25, -0.2) is 0 Å². The van der Waals surface area contributed by atoms with E-state index < -0.39 is 0 Å². The van der Waals surface area contributed by atoms with Gasteiger partial charge in [-0.3, -0.25) is 4.79 Å². The standard InChI is InChI=1S/C6H9NO2/c7-5(8)6-1-4(6)2-9-3-6/h4H,1-3H2,(H2,7,8)/t4?,6-/m1/s1. The molecule has 1 saturated carbocycles. The van der Waals surface area contributed by atoms with E-state index in [4.69, 9.17) is 10.5 Å². The van der Waals surface area contributed by atoms with E-state index >= 15 is 0 Å². The van der Waals surface area contributed by atoms with Crippen molar-refractivity contribution in [3.05, 3.63) is 0 Å². The van der Waals surface area contributed by atoms with Gasteiger partial charge in [-0.2, -0.15) is 0 Å². The monoisotopic (exact) mass is 127 g/mol. The second-order valence-electron chi connectivity index (χ2n) is 2.94. The molecule has 1 aliphatic heterocycles. The average Bonchev–Trinajstić information content (AvgIpc) is 2.38. The molecule has 1 saturated heterocycles. The Kier molecular flexibility index (Phi) is 0.750. The van der Waals surface area contributed by atoms with E-state index in [-0.39, 0.29) is 11.3 Å². The van der Waals surface area contributed by atoms with E-state index in [2.05, 4.69) is 0 Å². The van der Waals surface area contributed by atoms with Crippen LogP contribution < -0.4 is 5.73 Å². The Balaban J connectivity index is 2.19. The fraction of sp³-hybridized carbons (Fsp3) is 0.833. The van der Waals surface area contributed by atoms with Gasteiger partial charge in [-0.15, -0.1) is 0 Å². The molecular weight excluding hydrogens is 118 g/mol. The number of primary amides is 1. The Morgan fingerprint density at radius 2 is 2.56 bits per heavy atom. The van der Waals surface area contributed by atoms with Gasteiger partial charge in [0.15, 0.2) is 0 Å². The van der Waals surface area contributed by atoms with Gasteiger partial charge in [0, 0.05) is 5.92 Å². The van der Waals surface area contributed by atoms with E-state index in [1.54, 1.807) is 0 Å². The average molecular weight is 127 g/mol. The van der Waals surface area contributed by atoms with Crippen molar-refractivity contribution < 1.29 is 9.53 Å². The number of amides is 1. The molecule has 1 heterocycles. The first-order chi connectivity index (χ1) is 4.26. The Bertz CT molecular complexity index is 168. The molecule has 0 aromatic rings. The first-order valence-corrected chi connectivity index (χ1v) is 3.13. The summed E-state index contributed by atoms with van der Waals surface area (Å²) >= 11 is 0. The molecule has 0 aromatic carbocycles. The lowest BCUT2D eigenvalue weighted by molar-refractivity contribution is -0.123. The molecule has 2 atom stereocenters. The molecule has 2 aliphatic rings. The summed E-state index contributed by atoms with van der Waals surface area (Å²) in [5.41, 5.74) is 4.93. The third-order valence-electron chi connectivity index (χ3n) is 2.40. The van der Waals surface area contributed by atoms with Gasteiger partial charge in [-0.05, 0) is 6.42 Å². The summed E-state index contributed by atoms with van der Waals surface area (Å²) in [5, 5.41) is 0. The van der Waals surface area contributed by atoms with Gasteiger partial charge in [0.25, 0.3) is 0 Å². The largest absolute Gasteiger partial charge is 0.380 e. The zero-order valence-corrected chi connectivity index (χ0v) is 5.09. The summed E-state index contributed by atoms with van der Waals surface area (Å²) in [7, 11) is 0. The molecule has 1 aliphatic carbocycles. The highest BCUT2D eigenvalue weighted by molar-refractivity contribution is 5.84. The van der Waals surface area contributed by atoms with E-state index in [1.165, 1.54) is 0 Å². The van der Waals surface area contributed by atoms with Crippen molar-refractivity contribution in [1.82, 2.24) is 0 Å². The van der Waals surface area contributed by atoms with Crippen molar-refractivity contribution in [1.29, 1.82) is 0 Å². The Labute approximate surface area is 53.2 Å². The maximum Gasteiger partial charge on any atom is 0.226 e. The van der Waals surface area contributed by atoms with Crippen LogP contribution in [0.5, 0.6) is 0 Å². The first-order valence-electron chi connectivity index (χ1n) is 3.13. The number of hydrogen-bond acceptors (Lipinski definition) is 2. The van der Waals surface area contributed by atoms with Crippen molar-refractivity contribution in [2.75, 3.05) is 13.2 Å². The van der Waals surface area contributed by atoms with Gasteiger partial charge >= 0.3 is 0 Å². The normalized spacial score (nSPS) is 46.4. The number of carbonyl (C=O) groups excluding carboxylic acids is 1. The van der Waals surface area contributed by atoms with Crippen LogP contribution in [0.15, 0.2) is 0 Å². The van der Waals surface area contributed by atoms with Gasteiger partial charge in [0.2, 0.25) is 5.91 Å². The quantitative estimate of drug-likeness (QED) is 0.516. The van der Waals surface area contributed by atoms with Crippen LogP contribution in [0.1, 0.15) is 6.42 Å². The maximum atomic E-state index is 10.7. The predicted molar refractivity (Wildman–Crippen MR) is 30.6 cm³/mol. The molecule has 0 radical (unpaired) electrons. The Morgan fingerprint density at radius 3 is 2.78 bits per heavy atom. The summed E-state index contributed by atoms with van der Waals surface area (Å²) in [6, 6.07) is 0. The molecule has 2 N–H and O–H groups in total. The van der Waals surface area contributed by atoms with Crippen LogP contribution in [0.25, 0.3) is 0 Å². The third kappa shape index (κ3) is 0.477. The lowest BCUT2D eigenvalue weighted by Gasteiger charge is -2.02. The highest BCUT2D eigenvalue weighted by Gasteiger charge is 2.62. The fourth-order valence-corrected chi connectivity index (χ4v) is 1.53. The van der Waals surface area contributed by atoms with E-state index in [0.717, 1.165) is 13.0 Å². The zero-order valence-electron chi connectivity index (χ0n) is 5.09. The van der Waals surface area contributed by atoms with Crippen molar-refractivity contribution in [2.24, 2.45) is 17.1 Å². The van der Waals surface area contributed by atoms with Crippen molar-refractivity contribution >= 4 is 5.91 Å². The maximum absolute atomic E-state index is 10.7. The molecule has 0 spiro atoms. The molecule has 0 bridgehead atoms. The fourth-order valence-electron chi connectivity index (χ4n) is 1.53. The number of ether oxygens (including phenoxy) is 1. The predicted octanol–water partition coefficient (Wildman–Crippen LogP) is -0.492. The van der Waals surface area contributed by atoms with E-state index in [0.29, 0.717) is 12.5 Å². The third-order valence-corrected chi connectivity index (χ3v) is 2.40. The lowest BCUT2D eigenvalue weighted by Crippen LogP contribution is -2.27. The summed E-state index contributed by atoms with van der Waals surface area (Å²) in [4.78, 5) is 10.7. The van der Waals surface area contributed by atoms with E-state index in [9.17, 15) is 4.79 Å². The molecule has 1 amide bonds. The van der Waals surface area contributed by atoms with Crippen LogP contribution in [0, 0.1) is 11.3 Å². The van der Waals surface area contributed by atoms with E-state index in [1.807, 2.05) is 0 Å². The van der Waals surface area contributed by atoms with Crippen LogP contribution in [-0.4, -0.2) is 19.1 Å². The summed E-state index contributed by atoms with van der Waals surface area (Å²) in [6.45, 7) is 1.30. The van der Waals surface area contributed by atoms with Crippen molar-refractivity contribution in [3.63, 3.8) is 0 Å². The van der Waals surface area contributed by atoms with Gasteiger partial charge < -0.3 is 10.5 Å². The number of hydrogen-bond donors (Lipinski definition) is 1. The van der Waals surface area contributed by atoms with Crippen LogP contribution in [0.4, 0.5) is 0 Å². The van der Waals surface area contributed by atoms with Gasteiger partial charge in [-0.1, -0.05) is 0 Å².